The largest absolute Gasteiger partial charge is 1.00 e. The molecule has 0 atom stereocenters. The molecule has 0 aliphatic carbocycles. The van der Waals surface area contributed by atoms with E-state index >= 15 is 0 Å². The number of aliphatic carboxylic acids is 2. The molecule has 6 heteroatoms. The van der Waals surface area contributed by atoms with E-state index < -0.39 is 18.4 Å². The second-order valence-corrected chi connectivity index (χ2v) is 2.71. The number of carboxylic acid groups (broad SMARTS) is 2. The van der Waals surface area contributed by atoms with Gasteiger partial charge in [0.05, 0.1) is 0 Å². The maximum Gasteiger partial charge on any atom is 1.00 e. The van der Waals surface area contributed by atoms with E-state index in [1.165, 1.54) is 5.56 Å². The fraction of sp³-hybridized carbons (Fsp3) is 0.273. The van der Waals surface area contributed by atoms with Crippen LogP contribution in [0.15, 0.2) is 24.3 Å². The Morgan fingerprint density at radius 2 is 1.82 bits per heavy atom. The zero-order valence-corrected chi connectivity index (χ0v) is 12.4. The van der Waals surface area contributed by atoms with E-state index in [9.17, 15) is 9.59 Å². The molecule has 84 valence electrons. The van der Waals surface area contributed by atoms with Gasteiger partial charge in [0.2, 0.25) is 0 Å². The van der Waals surface area contributed by atoms with Crippen molar-refractivity contribution in [1.29, 1.82) is 0 Å². The maximum absolute atomic E-state index is 9.43. The SMILES string of the molecule is CCc1[c-]cccc1.O=C(O)CC(=O)O.[H-].[Li+].[Na+]. The first-order valence-corrected chi connectivity index (χ1v) is 4.45. The molecule has 1 aromatic carbocycles. The van der Waals surface area contributed by atoms with E-state index in [4.69, 9.17) is 10.2 Å². The fourth-order valence-electron chi connectivity index (χ4n) is 0.780. The molecule has 0 saturated heterocycles. The van der Waals surface area contributed by atoms with Crippen molar-refractivity contribution >= 4 is 11.9 Å². The summed E-state index contributed by atoms with van der Waals surface area (Å²) in [6.45, 7) is 2.13. The average molecular weight is 240 g/mol. The molecular formula is C11H14LiNaO4. The number of rotatable bonds is 3. The average Bonchev–Trinajstić information content (AvgIpc) is 2.18. The predicted molar refractivity (Wildman–Crippen MR) is 55.7 cm³/mol. The molecule has 0 aromatic heterocycles. The summed E-state index contributed by atoms with van der Waals surface area (Å²) in [5.74, 6) is -2.62. The second kappa shape index (κ2) is 13.8. The summed E-state index contributed by atoms with van der Waals surface area (Å²) in [4.78, 5) is 18.9. The van der Waals surface area contributed by atoms with Crippen molar-refractivity contribution in [1.82, 2.24) is 0 Å². The summed E-state index contributed by atoms with van der Waals surface area (Å²) < 4.78 is 0. The molecule has 0 spiro atoms. The number of carbonyl (C=O) groups is 2. The smallest absolute Gasteiger partial charge is 1.00 e. The van der Waals surface area contributed by atoms with Crippen molar-refractivity contribution in [2.45, 2.75) is 19.8 Å². The van der Waals surface area contributed by atoms with Crippen LogP contribution in [-0.4, -0.2) is 22.2 Å². The Morgan fingerprint density at radius 3 is 2.00 bits per heavy atom. The van der Waals surface area contributed by atoms with Crippen LogP contribution >= 0.6 is 0 Å². The molecule has 2 N–H and O–H groups in total. The van der Waals surface area contributed by atoms with Gasteiger partial charge in [0.25, 0.3) is 0 Å². The Morgan fingerprint density at radius 1 is 1.29 bits per heavy atom. The van der Waals surface area contributed by atoms with Crippen LogP contribution in [0.25, 0.3) is 0 Å². The van der Waals surface area contributed by atoms with Gasteiger partial charge in [0, 0.05) is 0 Å². The minimum Gasteiger partial charge on any atom is -1.00 e. The molecule has 0 bridgehead atoms. The van der Waals surface area contributed by atoms with Crippen molar-refractivity contribution in [3.05, 3.63) is 35.9 Å². The Kier molecular flexibility index (Phi) is 17.9. The molecule has 1 aromatic rings. The monoisotopic (exact) mass is 240 g/mol. The van der Waals surface area contributed by atoms with Crippen molar-refractivity contribution in [3.8, 4) is 0 Å². The van der Waals surface area contributed by atoms with Crippen LogP contribution in [-0.2, 0) is 16.0 Å². The van der Waals surface area contributed by atoms with Gasteiger partial charge >= 0.3 is 60.4 Å². The van der Waals surface area contributed by atoms with Gasteiger partial charge in [0.15, 0.2) is 0 Å². The van der Waals surface area contributed by atoms with Gasteiger partial charge in [-0.25, -0.2) is 0 Å². The minimum atomic E-state index is -1.31. The third kappa shape index (κ3) is 15.8. The van der Waals surface area contributed by atoms with Gasteiger partial charge in [-0.2, -0.15) is 35.9 Å². The van der Waals surface area contributed by atoms with Crippen LogP contribution in [0.3, 0.4) is 0 Å². The van der Waals surface area contributed by atoms with Gasteiger partial charge in [0.1, 0.15) is 6.42 Å². The quantitative estimate of drug-likeness (QED) is 0.318. The topological polar surface area (TPSA) is 74.6 Å². The third-order valence-electron chi connectivity index (χ3n) is 1.46. The predicted octanol–water partition coefficient (Wildman–Crippen LogP) is -4.28. The van der Waals surface area contributed by atoms with E-state index in [-0.39, 0.29) is 49.8 Å². The van der Waals surface area contributed by atoms with Crippen LogP contribution in [0.1, 0.15) is 20.3 Å². The molecule has 0 aliphatic heterocycles. The second-order valence-electron chi connectivity index (χ2n) is 2.71. The number of hydrogen-bond acceptors (Lipinski definition) is 2. The van der Waals surface area contributed by atoms with Crippen LogP contribution < -0.4 is 48.4 Å². The standard InChI is InChI=1S/C8H9.C3H4O4.Li.Na.H/c1-2-8-6-4-3-5-7-8;4-2(5)1-3(6)7;;;/h3-6H,2H2,1H3;1H2,(H,4,5)(H,6,7);;;/q-1;;2*+1;-1. The zero-order chi connectivity index (χ0) is 11.7. The summed E-state index contributed by atoms with van der Waals surface area (Å²) in [5.41, 5.74) is 1.28. The number of carboxylic acids is 2. The Bertz CT molecular complexity index is 310. The molecular weight excluding hydrogens is 226 g/mol. The van der Waals surface area contributed by atoms with Gasteiger partial charge < -0.3 is 11.6 Å². The van der Waals surface area contributed by atoms with Crippen LogP contribution in [0.2, 0.25) is 0 Å². The molecule has 0 amide bonds. The van der Waals surface area contributed by atoms with E-state index in [0.29, 0.717) is 0 Å². The Labute approximate surface area is 136 Å². The normalized spacial score (nSPS) is 7.59. The summed E-state index contributed by atoms with van der Waals surface area (Å²) in [5, 5.41) is 15.4. The molecule has 0 aliphatic rings. The van der Waals surface area contributed by atoms with Gasteiger partial charge in [-0.15, -0.1) is 0 Å². The summed E-state index contributed by atoms with van der Waals surface area (Å²) in [6.07, 6.45) is 0.279. The molecule has 0 heterocycles. The zero-order valence-electron chi connectivity index (χ0n) is 11.4. The molecule has 0 radical (unpaired) electrons. The first kappa shape index (κ1) is 22.0. The van der Waals surface area contributed by atoms with E-state index in [2.05, 4.69) is 19.1 Å². The third-order valence-corrected chi connectivity index (χ3v) is 1.46. The van der Waals surface area contributed by atoms with Crippen LogP contribution in [0.5, 0.6) is 0 Å². The first-order chi connectivity index (χ1) is 7.06. The van der Waals surface area contributed by atoms with E-state index in [1.54, 1.807) is 0 Å². The molecule has 4 nitrogen and oxygen atoms in total. The minimum absolute atomic E-state index is 0. The van der Waals surface area contributed by atoms with Crippen LogP contribution in [0, 0.1) is 6.07 Å². The summed E-state index contributed by atoms with van der Waals surface area (Å²) >= 11 is 0. The van der Waals surface area contributed by atoms with Gasteiger partial charge in [-0.1, -0.05) is 13.3 Å². The molecule has 1 rings (SSSR count). The number of hydrogen-bond donors (Lipinski definition) is 2. The molecule has 0 saturated carbocycles. The van der Waals surface area contributed by atoms with Crippen molar-refractivity contribution < 1.29 is 69.6 Å². The maximum atomic E-state index is 9.43. The molecule has 0 unspecified atom stereocenters. The van der Waals surface area contributed by atoms with Gasteiger partial charge in [-0.05, 0) is 0 Å². The van der Waals surface area contributed by atoms with Crippen LogP contribution in [0.4, 0.5) is 0 Å². The number of aryl methyl sites for hydroxylation is 1. The molecule has 17 heavy (non-hydrogen) atoms. The Hall–Kier alpha value is -0.243. The van der Waals surface area contributed by atoms with Gasteiger partial charge in [-0.3, -0.25) is 9.59 Å². The van der Waals surface area contributed by atoms with E-state index in [1.807, 2.05) is 18.2 Å². The summed E-state index contributed by atoms with van der Waals surface area (Å²) in [7, 11) is 0. The van der Waals surface area contributed by atoms with Crippen molar-refractivity contribution in [2.75, 3.05) is 0 Å². The molecule has 0 fully saturated rings. The summed E-state index contributed by atoms with van der Waals surface area (Å²) in [6, 6.07) is 11.2. The fourth-order valence-corrected chi connectivity index (χ4v) is 0.780. The number of benzene rings is 1. The van der Waals surface area contributed by atoms with Crippen molar-refractivity contribution in [3.63, 3.8) is 0 Å². The Balaban J connectivity index is -0.0000000942. The van der Waals surface area contributed by atoms with E-state index in [0.717, 1.165) is 6.42 Å². The first-order valence-electron chi connectivity index (χ1n) is 4.45. The van der Waals surface area contributed by atoms with Crippen molar-refractivity contribution in [2.24, 2.45) is 0 Å².